The molecule has 0 fully saturated rings. The maximum atomic E-state index is 10.5. The zero-order chi connectivity index (χ0) is 14.5. The molecule has 0 aliphatic rings. The number of hydrogen-bond donors (Lipinski definition) is 1. The Hall–Kier alpha value is -1.79. The summed E-state index contributed by atoms with van der Waals surface area (Å²) in [6.07, 6.45) is 1.48. The van der Waals surface area contributed by atoms with Crippen molar-refractivity contribution < 1.29 is 19.3 Å². The van der Waals surface area contributed by atoms with Crippen LogP contribution in [-0.2, 0) is 6.42 Å². The standard InChI is InChI=1S/C14H17NO4S/c1-17-9-4-12(18-2)14(13(5-9)19-3)11(16)6-10-7-15-8-20-10/h4-5,7-8,11,16H,6H2,1-3H3. The Balaban J connectivity index is 2.37. The van der Waals surface area contributed by atoms with Gasteiger partial charge in [0.15, 0.2) is 0 Å². The summed E-state index contributed by atoms with van der Waals surface area (Å²) in [6, 6.07) is 3.46. The van der Waals surface area contributed by atoms with Crippen LogP contribution in [0.2, 0.25) is 0 Å². The van der Waals surface area contributed by atoms with Crippen molar-refractivity contribution in [3.63, 3.8) is 0 Å². The smallest absolute Gasteiger partial charge is 0.132 e. The molecular weight excluding hydrogens is 278 g/mol. The maximum absolute atomic E-state index is 10.5. The van der Waals surface area contributed by atoms with Crippen LogP contribution in [-0.4, -0.2) is 31.4 Å². The Kier molecular flexibility index (Phi) is 4.81. The molecule has 1 unspecified atom stereocenters. The fourth-order valence-corrected chi connectivity index (χ4v) is 2.63. The second kappa shape index (κ2) is 6.58. The van der Waals surface area contributed by atoms with Crippen LogP contribution in [0.3, 0.4) is 0 Å². The molecular formula is C14H17NO4S. The topological polar surface area (TPSA) is 60.8 Å². The molecule has 1 atom stereocenters. The van der Waals surface area contributed by atoms with Crippen molar-refractivity contribution in [2.24, 2.45) is 0 Å². The number of hydrogen-bond acceptors (Lipinski definition) is 6. The fourth-order valence-electron chi connectivity index (χ4n) is 2.00. The lowest BCUT2D eigenvalue weighted by Crippen LogP contribution is -2.06. The van der Waals surface area contributed by atoms with Crippen LogP contribution >= 0.6 is 11.3 Å². The molecule has 2 rings (SSSR count). The van der Waals surface area contributed by atoms with Crippen LogP contribution in [0.1, 0.15) is 16.5 Å². The Morgan fingerprint density at radius 2 is 1.80 bits per heavy atom. The number of nitrogens with zero attached hydrogens (tertiary/aromatic N) is 1. The third-order valence-electron chi connectivity index (χ3n) is 2.96. The molecule has 2 aromatic rings. The van der Waals surface area contributed by atoms with Gasteiger partial charge in [-0.05, 0) is 0 Å². The summed E-state index contributed by atoms with van der Waals surface area (Å²) in [6.45, 7) is 0. The first kappa shape index (κ1) is 14.6. The van der Waals surface area contributed by atoms with Gasteiger partial charge in [0, 0.05) is 29.6 Å². The van der Waals surface area contributed by atoms with Crippen LogP contribution in [0.5, 0.6) is 17.2 Å². The monoisotopic (exact) mass is 295 g/mol. The Labute approximate surface area is 121 Å². The van der Waals surface area contributed by atoms with Crippen molar-refractivity contribution in [3.8, 4) is 17.2 Å². The maximum Gasteiger partial charge on any atom is 0.132 e. The van der Waals surface area contributed by atoms with Crippen LogP contribution in [0.25, 0.3) is 0 Å². The normalized spacial score (nSPS) is 12.0. The van der Waals surface area contributed by atoms with E-state index in [1.54, 1.807) is 45.2 Å². The number of benzene rings is 1. The van der Waals surface area contributed by atoms with Crippen LogP contribution in [0.4, 0.5) is 0 Å². The number of aliphatic hydroxyl groups excluding tert-OH is 1. The van der Waals surface area contributed by atoms with Gasteiger partial charge in [-0.15, -0.1) is 11.3 Å². The third-order valence-corrected chi connectivity index (χ3v) is 3.77. The molecule has 0 amide bonds. The van der Waals surface area contributed by atoms with Gasteiger partial charge < -0.3 is 19.3 Å². The largest absolute Gasteiger partial charge is 0.496 e. The van der Waals surface area contributed by atoms with Gasteiger partial charge in [-0.25, -0.2) is 0 Å². The molecule has 0 aliphatic carbocycles. The van der Waals surface area contributed by atoms with Crippen LogP contribution < -0.4 is 14.2 Å². The Morgan fingerprint density at radius 3 is 2.25 bits per heavy atom. The van der Waals surface area contributed by atoms with Crippen LogP contribution in [0.15, 0.2) is 23.8 Å². The number of thiazole rings is 1. The van der Waals surface area contributed by atoms with Gasteiger partial charge in [-0.1, -0.05) is 0 Å². The zero-order valence-electron chi connectivity index (χ0n) is 11.6. The SMILES string of the molecule is COc1cc(OC)c(C(O)Cc2cncs2)c(OC)c1. The van der Waals surface area contributed by atoms with Gasteiger partial charge in [0.1, 0.15) is 17.2 Å². The Bertz CT molecular complexity index is 531. The predicted molar refractivity (Wildman–Crippen MR) is 76.9 cm³/mol. The average Bonchev–Trinajstić information content (AvgIpc) is 2.98. The molecule has 0 aliphatic heterocycles. The quantitative estimate of drug-likeness (QED) is 0.887. The number of methoxy groups -OCH3 is 3. The van der Waals surface area contributed by atoms with Crippen molar-refractivity contribution in [3.05, 3.63) is 34.3 Å². The lowest BCUT2D eigenvalue weighted by Gasteiger charge is -2.18. The zero-order valence-corrected chi connectivity index (χ0v) is 12.4. The van der Waals surface area contributed by atoms with Gasteiger partial charge in [-0.3, -0.25) is 4.98 Å². The van der Waals surface area contributed by atoms with E-state index < -0.39 is 6.10 Å². The molecule has 0 saturated heterocycles. The van der Waals surface area contributed by atoms with E-state index in [0.717, 1.165) is 4.88 Å². The molecule has 108 valence electrons. The van der Waals surface area contributed by atoms with E-state index in [2.05, 4.69) is 4.98 Å². The highest BCUT2D eigenvalue weighted by Crippen LogP contribution is 2.39. The molecule has 0 bridgehead atoms. The number of aromatic nitrogens is 1. The highest BCUT2D eigenvalue weighted by atomic mass is 32.1. The van der Waals surface area contributed by atoms with E-state index in [0.29, 0.717) is 29.2 Å². The van der Waals surface area contributed by atoms with Gasteiger partial charge in [0.25, 0.3) is 0 Å². The lowest BCUT2D eigenvalue weighted by molar-refractivity contribution is 0.170. The molecule has 0 spiro atoms. The first-order valence-corrected chi connectivity index (χ1v) is 6.93. The second-order valence-corrected chi connectivity index (χ2v) is 5.10. The molecule has 6 heteroatoms. The molecule has 1 aromatic carbocycles. The number of ether oxygens (including phenoxy) is 3. The minimum absolute atomic E-state index is 0.462. The minimum Gasteiger partial charge on any atom is -0.496 e. The molecule has 20 heavy (non-hydrogen) atoms. The van der Waals surface area contributed by atoms with Crippen molar-refractivity contribution in [1.82, 2.24) is 4.98 Å². The average molecular weight is 295 g/mol. The third kappa shape index (κ3) is 3.02. The first-order valence-electron chi connectivity index (χ1n) is 6.05. The highest BCUT2D eigenvalue weighted by Gasteiger charge is 2.21. The molecule has 1 aromatic heterocycles. The van der Waals surface area contributed by atoms with Gasteiger partial charge >= 0.3 is 0 Å². The summed E-state index contributed by atoms with van der Waals surface area (Å²) in [4.78, 5) is 5.00. The summed E-state index contributed by atoms with van der Waals surface area (Å²) < 4.78 is 15.9. The number of rotatable bonds is 6. The van der Waals surface area contributed by atoms with E-state index in [1.807, 2.05) is 0 Å². The summed E-state index contributed by atoms with van der Waals surface area (Å²) >= 11 is 1.50. The Morgan fingerprint density at radius 1 is 1.15 bits per heavy atom. The molecule has 5 nitrogen and oxygen atoms in total. The van der Waals surface area contributed by atoms with Crippen molar-refractivity contribution in [2.45, 2.75) is 12.5 Å². The summed E-state index contributed by atoms with van der Waals surface area (Å²) in [5.74, 6) is 1.70. The molecule has 0 radical (unpaired) electrons. The van der Waals surface area contributed by atoms with E-state index in [-0.39, 0.29) is 0 Å². The predicted octanol–water partition coefficient (Wildman–Crippen LogP) is 2.45. The lowest BCUT2D eigenvalue weighted by atomic mass is 10.0. The van der Waals surface area contributed by atoms with Gasteiger partial charge in [-0.2, -0.15) is 0 Å². The van der Waals surface area contributed by atoms with E-state index >= 15 is 0 Å². The van der Waals surface area contributed by atoms with Crippen molar-refractivity contribution >= 4 is 11.3 Å². The summed E-state index contributed by atoms with van der Waals surface area (Å²) in [7, 11) is 4.68. The molecule has 1 heterocycles. The summed E-state index contributed by atoms with van der Waals surface area (Å²) in [5.41, 5.74) is 2.36. The molecule has 0 saturated carbocycles. The van der Waals surface area contributed by atoms with Gasteiger partial charge in [0.05, 0.1) is 38.5 Å². The fraction of sp³-hybridized carbons (Fsp3) is 0.357. The second-order valence-electron chi connectivity index (χ2n) is 4.13. The summed E-state index contributed by atoms with van der Waals surface area (Å²) in [5, 5.41) is 10.5. The van der Waals surface area contributed by atoms with E-state index in [1.165, 1.54) is 11.3 Å². The first-order chi connectivity index (χ1) is 9.69. The minimum atomic E-state index is -0.730. The van der Waals surface area contributed by atoms with E-state index in [9.17, 15) is 5.11 Å². The van der Waals surface area contributed by atoms with Gasteiger partial charge in [0.2, 0.25) is 0 Å². The number of aliphatic hydroxyl groups is 1. The van der Waals surface area contributed by atoms with Crippen molar-refractivity contribution in [1.29, 1.82) is 0 Å². The van der Waals surface area contributed by atoms with Crippen LogP contribution in [0, 0.1) is 0 Å². The van der Waals surface area contributed by atoms with Crippen molar-refractivity contribution in [2.75, 3.05) is 21.3 Å². The highest BCUT2D eigenvalue weighted by molar-refractivity contribution is 7.09. The molecule has 1 N–H and O–H groups in total. The van der Waals surface area contributed by atoms with E-state index in [4.69, 9.17) is 14.2 Å².